The van der Waals surface area contributed by atoms with Gasteiger partial charge >= 0.3 is 0 Å². The molecule has 0 atom stereocenters. The minimum atomic E-state index is -3.75. The molecule has 0 radical (unpaired) electrons. The number of nitrogens with one attached hydrogen (secondary N) is 1. The van der Waals surface area contributed by atoms with Crippen LogP contribution in [-0.4, -0.2) is 22.6 Å². The van der Waals surface area contributed by atoms with Crippen molar-refractivity contribution in [2.45, 2.75) is 18.4 Å². The summed E-state index contributed by atoms with van der Waals surface area (Å²) < 4.78 is 50.6. The van der Waals surface area contributed by atoms with E-state index in [0.717, 1.165) is 5.56 Å². The number of halogens is 1. The first-order valence-corrected chi connectivity index (χ1v) is 8.32. The van der Waals surface area contributed by atoms with Gasteiger partial charge < -0.3 is 9.47 Å². The van der Waals surface area contributed by atoms with Gasteiger partial charge in [-0.15, -0.1) is 0 Å². The SMILES string of the molecule is COc1ccc(S(=O)(=O)NCc2cc(F)ccc2C)cc1OC. The van der Waals surface area contributed by atoms with E-state index in [1.54, 1.807) is 13.0 Å². The van der Waals surface area contributed by atoms with Gasteiger partial charge in [0.2, 0.25) is 10.0 Å². The van der Waals surface area contributed by atoms with Gasteiger partial charge in [-0.1, -0.05) is 6.07 Å². The molecule has 0 aliphatic rings. The monoisotopic (exact) mass is 339 g/mol. The topological polar surface area (TPSA) is 64.6 Å². The Morgan fingerprint density at radius 1 is 1.04 bits per heavy atom. The van der Waals surface area contributed by atoms with E-state index >= 15 is 0 Å². The Labute approximate surface area is 135 Å². The number of aryl methyl sites for hydroxylation is 1. The Morgan fingerprint density at radius 3 is 2.39 bits per heavy atom. The number of rotatable bonds is 6. The second-order valence-corrected chi connectivity index (χ2v) is 6.68. The molecule has 0 saturated carbocycles. The third kappa shape index (κ3) is 4.00. The molecule has 2 rings (SSSR count). The maximum Gasteiger partial charge on any atom is 0.241 e. The molecule has 1 N–H and O–H groups in total. The fourth-order valence-corrected chi connectivity index (χ4v) is 3.09. The number of sulfonamides is 1. The van der Waals surface area contributed by atoms with Crippen LogP contribution in [-0.2, 0) is 16.6 Å². The van der Waals surface area contributed by atoms with Crippen molar-refractivity contribution in [1.82, 2.24) is 4.72 Å². The first-order chi connectivity index (χ1) is 10.9. The highest BCUT2D eigenvalue weighted by Gasteiger charge is 2.17. The second kappa shape index (κ2) is 6.97. The van der Waals surface area contributed by atoms with Crippen molar-refractivity contribution < 1.29 is 22.3 Å². The summed E-state index contributed by atoms with van der Waals surface area (Å²) in [5.74, 6) is 0.348. The van der Waals surface area contributed by atoms with E-state index in [2.05, 4.69) is 4.72 Å². The molecule has 5 nitrogen and oxygen atoms in total. The Bertz CT molecular complexity index is 806. The summed E-state index contributed by atoms with van der Waals surface area (Å²) in [6, 6.07) is 8.56. The van der Waals surface area contributed by atoms with Gasteiger partial charge in [-0.25, -0.2) is 17.5 Å². The van der Waals surface area contributed by atoms with E-state index in [1.165, 1.54) is 44.6 Å². The molecule has 0 aromatic heterocycles. The molecular weight excluding hydrogens is 321 g/mol. The van der Waals surface area contributed by atoms with Crippen molar-refractivity contribution in [3.8, 4) is 11.5 Å². The van der Waals surface area contributed by atoms with E-state index < -0.39 is 15.8 Å². The van der Waals surface area contributed by atoms with Crippen LogP contribution in [0.3, 0.4) is 0 Å². The molecule has 0 unspecified atom stereocenters. The molecule has 0 bridgehead atoms. The maximum atomic E-state index is 13.3. The normalized spacial score (nSPS) is 11.3. The first-order valence-electron chi connectivity index (χ1n) is 6.84. The molecule has 0 spiro atoms. The van der Waals surface area contributed by atoms with Crippen LogP contribution < -0.4 is 14.2 Å². The lowest BCUT2D eigenvalue weighted by Crippen LogP contribution is -2.23. The minimum absolute atomic E-state index is 0.000269. The van der Waals surface area contributed by atoms with Gasteiger partial charge in [-0.05, 0) is 42.3 Å². The van der Waals surface area contributed by atoms with Gasteiger partial charge in [0, 0.05) is 12.6 Å². The van der Waals surface area contributed by atoms with Crippen LogP contribution in [0.4, 0.5) is 4.39 Å². The van der Waals surface area contributed by atoms with Gasteiger partial charge in [-0.2, -0.15) is 0 Å². The smallest absolute Gasteiger partial charge is 0.241 e. The van der Waals surface area contributed by atoms with Crippen LogP contribution in [0.15, 0.2) is 41.3 Å². The van der Waals surface area contributed by atoms with Gasteiger partial charge in [0.1, 0.15) is 5.82 Å². The summed E-state index contributed by atoms with van der Waals surface area (Å²) in [6.45, 7) is 1.79. The van der Waals surface area contributed by atoms with Crippen molar-refractivity contribution in [1.29, 1.82) is 0 Å². The maximum absolute atomic E-state index is 13.3. The fraction of sp³-hybridized carbons (Fsp3) is 0.250. The number of methoxy groups -OCH3 is 2. The van der Waals surface area contributed by atoms with Crippen LogP contribution in [0.5, 0.6) is 11.5 Å². The summed E-state index contributed by atoms with van der Waals surface area (Å²) in [4.78, 5) is 0.0456. The molecule has 23 heavy (non-hydrogen) atoms. The lowest BCUT2D eigenvalue weighted by atomic mass is 10.1. The number of hydrogen-bond donors (Lipinski definition) is 1. The molecule has 7 heteroatoms. The molecular formula is C16H18FNO4S. The Hall–Kier alpha value is -2.12. The van der Waals surface area contributed by atoms with Crippen molar-refractivity contribution >= 4 is 10.0 Å². The van der Waals surface area contributed by atoms with Gasteiger partial charge in [0.05, 0.1) is 19.1 Å². The molecule has 124 valence electrons. The zero-order valence-electron chi connectivity index (χ0n) is 13.1. The zero-order valence-corrected chi connectivity index (χ0v) is 13.9. The highest BCUT2D eigenvalue weighted by Crippen LogP contribution is 2.29. The van der Waals surface area contributed by atoms with E-state index in [4.69, 9.17) is 9.47 Å². The Kier molecular flexibility index (Phi) is 5.23. The van der Waals surface area contributed by atoms with Gasteiger partial charge in [0.15, 0.2) is 11.5 Å². The third-order valence-electron chi connectivity index (χ3n) is 3.43. The number of benzene rings is 2. The van der Waals surface area contributed by atoms with E-state index in [9.17, 15) is 12.8 Å². The second-order valence-electron chi connectivity index (χ2n) is 4.91. The van der Waals surface area contributed by atoms with Crippen LogP contribution >= 0.6 is 0 Å². The number of hydrogen-bond acceptors (Lipinski definition) is 4. The molecule has 0 heterocycles. The highest BCUT2D eigenvalue weighted by atomic mass is 32.2. The first kappa shape index (κ1) is 17.2. The van der Waals surface area contributed by atoms with Crippen LogP contribution in [0.25, 0.3) is 0 Å². The van der Waals surface area contributed by atoms with Gasteiger partial charge in [-0.3, -0.25) is 0 Å². The predicted molar refractivity (Wildman–Crippen MR) is 84.7 cm³/mol. The molecule has 0 aliphatic heterocycles. The van der Waals surface area contributed by atoms with Crippen LogP contribution in [0.1, 0.15) is 11.1 Å². The summed E-state index contributed by atoms with van der Waals surface area (Å²) in [6.07, 6.45) is 0. The number of ether oxygens (including phenoxy) is 2. The molecule has 0 aliphatic carbocycles. The lowest BCUT2D eigenvalue weighted by Gasteiger charge is -2.12. The van der Waals surface area contributed by atoms with Crippen molar-refractivity contribution in [3.63, 3.8) is 0 Å². The van der Waals surface area contributed by atoms with Crippen molar-refractivity contribution in [2.75, 3.05) is 14.2 Å². The third-order valence-corrected chi connectivity index (χ3v) is 4.83. The van der Waals surface area contributed by atoms with Gasteiger partial charge in [0.25, 0.3) is 0 Å². The zero-order chi connectivity index (χ0) is 17.0. The summed E-state index contributed by atoms with van der Waals surface area (Å²) >= 11 is 0. The quantitative estimate of drug-likeness (QED) is 0.879. The van der Waals surface area contributed by atoms with E-state index in [0.29, 0.717) is 17.1 Å². The Morgan fingerprint density at radius 2 is 1.74 bits per heavy atom. The predicted octanol–water partition coefficient (Wildman–Crippen LogP) is 2.63. The largest absolute Gasteiger partial charge is 0.493 e. The Balaban J connectivity index is 2.23. The van der Waals surface area contributed by atoms with Crippen molar-refractivity contribution in [2.24, 2.45) is 0 Å². The average Bonchev–Trinajstić information content (AvgIpc) is 2.55. The molecule has 0 amide bonds. The van der Waals surface area contributed by atoms with Crippen molar-refractivity contribution in [3.05, 3.63) is 53.3 Å². The standard InChI is InChI=1S/C16H18FNO4S/c1-11-4-5-13(17)8-12(11)10-18-23(19,20)14-6-7-15(21-2)16(9-14)22-3/h4-9,18H,10H2,1-3H3. The minimum Gasteiger partial charge on any atom is -0.493 e. The van der Waals surface area contributed by atoms with E-state index in [-0.39, 0.29) is 11.4 Å². The molecule has 2 aromatic rings. The lowest BCUT2D eigenvalue weighted by molar-refractivity contribution is 0.354. The summed E-state index contributed by atoms with van der Waals surface area (Å²) in [5, 5.41) is 0. The fourth-order valence-electron chi connectivity index (χ4n) is 2.07. The average molecular weight is 339 g/mol. The molecule has 0 fully saturated rings. The highest BCUT2D eigenvalue weighted by molar-refractivity contribution is 7.89. The molecule has 2 aromatic carbocycles. The molecule has 0 saturated heterocycles. The summed E-state index contributed by atoms with van der Waals surface area (Å²) in [7, 11) is -0.856. The van der Waals surface area contributed by atoms with Crippen LogP contribution in [0, 0.1) is 12.7 Å². The van der Waals surface area contributed by atoms with Crippen LogP contribution in [0.2, 0.25) is 0 Å². The summed E-state index contributed by atoms with van der Waals surface area (Å²) in [5.41, 5.74) is 1.38. The van der Waals surface area contributed by atoms with E-state index in [1.807, 2.05) is 0 Å².